The Labute approximate surface area is 79.1 Å². The molecule has 3 heteroatoms. The molecular weight excluding hydrogens is 164 g/mol. The fourth-order valence-electron chi connectivity index (χ4n) is 1.55. The maximum absolute atomic E-state index is 11.5. The van der Waals surface area contributed by atoms with Gasteiger partial charge in [-0.2, -0.15) is 5.26 Å². The largest absolute Gasteiger partial charge is 0.350 e. The molecule has 1 fully saturated rings. The summed E-state index contributed by atoms with van der Waals surface area (Å²) >= 11 is 0. The highest BCUT2D eigenvalue weighted by Crippen LogP contribution is 2.31. The SMILES string of the molecule is CCC(C#N)C(=O)NC1(C)CCC1. The molecule has 72 valence electrons. The van der Waals surface area contributed by atoms with Crippen LogP contribution in [0.5, 0.6) is 0 Å². The topological polar surface area (TPSA) is 52.9 Å². The minimum Gasteiger partial charge on any atom is -0.350 e. The van der Waals surface area contributed by atoms with Crippen molar-refractivity contribution in [3.63, 3.8) is 0 Å². The predicted molar refractivity (Wildman–Crippen MR) is 49.8 cm³/mol. The Hall–Kier alpha value is -1.04. The molecule has 0 aromatic carbocycles. The summed E-state index contributed by atoms with van der Waals surface area (Å²) in [6.07, 6.45) is 3.86. The maximum atomic E-state index is 11.5. The van der Waals surface area contributed by atoms with Crippen LogP contribution in [0.3, 0.4) is 0 Å². The van der Waals surface area contributed by atoms with E-state index in [9.17, 15) is 4.79 Å². The van der Waals surface area contributed by atoms with Gasteiger partial charge in [-0.25, -0.2) is 0 Å². The number of carbonyl (C=O) groups is 1. The van der Waals surface area contributed by atoms with Crippen LogP contribution < -0.4 is 5.32 Å². The maximum Gasteiger partial charge on any atom is 0.237 e. The zero-order valence-electron chi connectivity index (χ0n) is 8.26. The summed E-state index contributed by atoms with van der Waals surface area (Å²) < 4.78 is 0. The molecule has 1 aliphatic carbocycles. The van der Waals surface area contributed by atoms with Crippen LogP contribution in [0.4, 0.5) is 0 Å². The van der Waals surface area contributed by atoms with Crippen molar-refractivity contribution >= 4 is 5.91 Å². The average Bonchev–Trinajstić information content (AvgIpc) is 2.04. The van der Waals surface area contributed by atoms with E-state index in [-0.39, 0.29) is 11.4 Å². The van der Waals surface area contributed by atoms with Gasteiger partial charge in [0.05, 0.1) is 6.07 Å². The Bertz CT molecular complexity index is 238. The second-order valence-electron chi connectivity index (χ2n) is 3.99. The standard InChI is InChI=1S/C10H16N2O/c1-3-8(7-11)9(13)12-10(2)5-4-6-10/h8H,3-6H2,1-2H3,(H,12,13). The molecule has 0 radical (unpaired) electrons. The molecule has 1 amide bonds. The van der Waals surface area contributed by atoms with Gasteiger partial charge >= 0.3 is 0 Å². The van der Waals surface area contributed by atoms with Crippen LogP contribution in [0.1, 0.15) is 39.5 Å². The van der Waals surface area contributed by atoms with E-state index in [0.29, 0.717) is 6.42 Å². The molecule has 1 aliphatic rings. The first kappa shape index (κ1) is 10.0. The van der Waals surface area contributed by atoms with Crippen molar-refractivity contribution in [2.75, 3.05) is 0 Å². The molecule has 0 bridgehead atoms. The summed E-state index contributed by atoms with van der Waals surface area (Å²) in [6, 6.07) is 2.01. The van der Waals surface area contributed by atoms with Gasteiger partial charge in [-0.15, -0.1) is 0 Å². The van der Waals surface area contributed by atoms with E-state index >= 15 is 0 Å². The van der Waals surface area contributed by atoms with Crippen molar-refractivity contribution in [3.05, 3.63) is 0 Å². The summed E-state index contributed by atoms with van der Waals surface area (Å²) in [7, 11) is 0. The van der Waals surface area contributed by atoms with Gasteiger partial charge in [-0.1, -0.05) is 6.92 Å². The quantitative estimate of drug-likeness (QED) is 0.717. The molecule has 13 heavy (non-hydrogen) atoms. The molecule has 1 atom stereocenters. The summed E-state index contributed by atoms with van der Waals surface area (Å²) in [4.78, 5) is 11.5. The number of nitrogens with zero attached hydrogens (tertiary/aromatic N) is 1. The van der Waals surface area contributed by atoms with Crippen LogP contribution in [0, 0.1) is 17.2 Å². The van der Waals surface area contributed by atoms with Crippen molar-refractivity contribution in [2.45, 2.75) is 45.1 Å². The molecule has 0 heterocycles. The van der Waals surface area contributed by atoms with E-state index in [0.717, 1.165) is 12.8 Å². The summed E-state index contributed by atoms with van der Waals surface area (Å²) in [5.41, 5.74) is -0.0264. The first-order chi connectivity index (χ1) is 6.11. The minimum atomic E-state index is -0.475. The predicted octanol–water partition coefficient (Wildman–Crippen LogP) is 1.59. The van der Waals surface area contributed by atoms with Crippen LogP contribution >= 0.6 is 0 Å². The molecule has 0 aromatic heterocycles. The van der Waals surface area contributed by atoms with E-state index in [1.165, 1.54) is 6.42 Å². The van der Waals surface area contributed by atoms with E-state index in [1.807, 2.05) is 19.9 Å². The molecular formula is C10H16N2O. The summed E-state index contributed by atoms with van der Waals surface area (Å²) in [5, 5.41) is 11.6. The van der Waals surface area contributed by atoms with E-state index < -0.39 is 5.92 Å². The number of rotatable bonds is 3. The fraction of sp³-hybridized carbons (Fsp3) is 0.800. The fourth-order valence-corrected chi connectivity index (χ4v) is 1.55. The van der Waals surface area contributed by atoms with Gasteiger partial charge in [0.15, 0.2) is 0 Å². The number of hydrogen-bond donors (Lipinski definition) is 1. The van der Waals surface area contributed by atoms with Gasteiger partial charge in [0, 0.05) is 5.54 Å². The Morgan fingerprint density at radius 2 is 2.31 bits per heavy atom. The highest BCUT2D eigenvalue weighted by Gasteiger charge is 2.34. The molecule has 0 saturated heterocycles. The zero-order chi connectivity index (χ0) is 9.90. The summed E-state index contributed by atoms with van der Waals surface area (Å²) in [5.74, 6) is -0.579. The number of carbonyl (C=O) groups excluding carboxylic acids is 1. The van der Waals surface area contributed by atoms with Crippen LogP contribution in [-0.2, 0) is 4.79 Å². The third kappa shape index (κ3) is 2.21. The molecule has 1 unspecified atom stereocenters. The van der Waals surface area contributed by atoms with Gasteiger partial charge < -0.3 is 5.32 Å². The lowest BCUT2D eigenvalue weighted by atomic mass is 9.78. The highest BCUT2D eigenvalue weighted by atomic mass is 16.2. The Morgan fingerprint density at radius 3 is 2.62 bits per heavy atom. The Balaban J connectivity index is 2.45. The Morgan fingerprint density at radius 1 is 1.69 bits per heavy atom. The van der Waals surface area contributed by atoms with Gasteiger partial charge in [-0.05, 0) is 32.6 Å². The average molecular weight is 180 g/mol. The third-order valence-electron chi connectivity index (χ3n) is 2.76. The summed E-state index contributed by atoms with van der Waals surface area (Å²) in [6.45, 7) is 3.90. The van der Waals surface area contributed by atoms with Gasteiger partial charge in [0.1, 0.15) is 5.92 Å². The molecule has 1 rings (SSSR count). The van der Waals surface area contributed by atoms with E-state index in [4.69, 9.17) is 5.26 Å². The van der Waals surface area contributed by atoms with Gasteiger partial charge in [0.25, 0.3) is 0 Å². The van der Waals surface area contributed by atoms with Crippen LogP contribution in [0.15, 0.2) is 0 Å². The number of hydrogen-bond acceptors (Lipinski definition) is 2. The van der Waals surface area contributed by atoms with Crippen molar-refractivity contribution in [2.24, 2.45) is 5.92 Å². The van der Waals surface area contributed by atoms with E-state index in [2.05, 4.69) is 5.32 Å². The van der Waals surface area contributed by atoms with Crippen molar-refractivity contribution in [1.29, 1.82) is 5.26 Å². The molecule has 1 saturated carbocycles. The van der Waals surface area contributed by atoms with Crippen LogP contribution in [0.25, 0.3) is 0 Å². The lowest BCUT2D eigenvalue weighted by Gasteiger charge is -2.39. The molecule has 0 spiro atoms. The van der Waals surface area contributed by atoms with Crippen molar-refractivity contribution in [3.8, 4) is 6.07 Å². The second-order valence-corrected chi connectivity index (χ2v) is 3.99. The number of amides is 1. The van der Waals surface area contributed by atoms with Gasteiger partial charge in [0.2, 0.25) is 5.91 Å². The second kappa shape index (κ2) is 3.78. The molecule has 1 N–H and O–H groups in total. The molecule has 3 nitrogen and oxygen atoms in total. The van der Waals surface area contributed by atoms with E-state index in [1.54, 1.807) is 0 Å². The first-order valence-corrected chi connectivity index (χ1v) is 4.83. The highest BCUT2D eigenvalue weighted by molar-refractivity contribution is 5.81. The van der Waals surface area contributed by atoms with Crippen LogP contribution in [-0.4, -0.2) is 11.4 Å². The normalized spacial score (nSPS) is 21.0. The third-order valence-corrected chi connectivity index (χ3v) is 2.76. The smallest absolute Gasteiger partial charge is 0.237 e. The number of nitriles is 1. The first-order valence-electron chi connectivity index (χ1n) is 4.83. The number of nitrogens with one attached hydrogen (secondary N) is 1. The minimum absolute atomic E-state index is 0.0264. The lowest BCUT2D eigenvalue weighted by molar-refractivity contribution is -0.126. The lowest BCUT2D eigenvalue weighted by Crippen LogP contribution is -2.52. The zero-order valence-corrected chi connectivity index (χ0v) is 8.26. The van der Waals surface area contributed by atoms with Gasteiger partial charge in [-0.3, -0.25) is 4.79 Å². The van der Waals surface area contributed by atoms with Crippen molar-refractivity contribution < 1.29 is 4.79 Å². The molecule has 0 aliphatic heterocycles. The molecule has 0 aromatic rings. The van der Waals surface area contributed by atoms with Crippen LogP contribution in [0.2, 0.25) is 0 Å². The Kier molecular flexibility index (Phi) is 2.92. The van der Waals surface area contributed by atoms with Crippen molar-refractivity contribution in [1.82, 2.24) is 5.32 Å². The monoisotopic (exact) mass is 180 g/mol.